The van der Waals surface area contributed by atoms with Crippen molar-refractivity contribution in [1.29, 1.82) is 0 Å². The number of nitrogens with two attached hydrogens (primary N) is 1. The zero-order valence-electron chi connectivity index (χ0n) is 24.5. The lowest BCUT2D eigenvalue weighted by Crippen LogP contribution is -2.47. The van der Waals surface area contributed by atoms with Crippen molar-refractivity contribution in [3.63, 3.8) is 0 Å². The van der Waals surface area contributed by atoms with Crippen LogP contribution in [-0.2, 0) is 20.4 Å². The minimum atomic E-state index is -6.18. The third kappa shape index (κ3) is 7.19. The van der Waals surface area contributed by atoms with Gasteiger partial charge in [0.1, 0.15) is 11.4 Å². The Morgan fingerprint density at radius 1 is 0.976 bits per heavy atom. The van der Waals surface area contributed by atoms with Crippen molar-refractivity contribution in [2.24, 2.45) is 0 Å². The van der Waals surface area contributed by atoms with Crippen molar-refractivity contribution < 1.29 is 41.4 Å². The summed E-state index contributed by atoms with van der Waals surface area (Å²) in [5, 5.41) is 13.6. The summed E-state index contributed by atoms with van der Waals surface area (Å²) in [7, 11) is 0. The van der Waals surface area contributed by atoms with Crippen LogP contribution in [-0.4, -0.2) is 35.1 Å². The molecule has 13 heteroatoms. The molecule has 0 aromatic heterocycles. The van der Waals surface area contributed by atoms with Gasteiger partial charge in [0.25, 0.3) is 5.91 Å². The Morgan fingerprint density at radius 3 is 2.05 bits per heavy atom. The second-order valence-electron chi connectivity index (χ2n) is 11.3. The Labute approximate surface area is 246 Å². The quantitative estimate of drug-likeness (QED) is 0.116. The summed E-state index contributed by atoms with van der Waals surface area (Å²) >= 11 is 6.12. The molecule has 0 saturated heterocycles. The van der Waals surface area contributed by atoms with E-state index in [1.807, 2.05) is 19.1 Å². The molecule has 7 nitrogen and oxygen atoms in total. The van der Waals surface area contributed by atoms with Gasteiger partial charge in [-0.2, -0.15) is 22.0 Å². The largest absolute Gasteiger partial charge is 0.504 e. The van der Waals surface area contributed by atoms with Crippen molar-refractivity contribution in [3.05, 3.63) is 40.4 Å². The minimum Gasteiger partial charge on any atom is -0.504 e. The van der Waals surface area contributed by atoms with E-state index in [4.69, 9.17) is 22.1 Å². The highest BCUT2D eigenvalue weighted by Crippen LogP contribution is 2.44. The number of anilines is 3. The first-order chi connectivity index (χ1) is 19.1. The molecule has 0 spiro atoms. The summed E-state index contributed by atoms with van der Waals surface area (Å²) in [4.78, 5) is 24.8. The molecule has 2 amide bonds. The molecular weight excluding hydrogens is 585 g/mol. The summed E-state index contributed by atoms with van der Waals surface area (Å²) in [5.41, 5.74) is 5.51. The number of phenolic OH excluding ortho intramolecular Hbond substituents is 1. The number of benzene rings is 2. The number of phenols is 1. The summed E-state index contributed by atoms with van der Waals surface area (Å²) in [6, 6.07) is 6.53. The predicted octanol–water partition coefficient (Wildman–Crippen LogP) is 7.94. The van der Waals surface area contributed by atoms with Crippen LogP contribution in [0.15, 0.2) is 24.3 Å². The molecule has 0 saturated carbocycles. The maximum absolute atomic E-state index is 13.4. The molecular formula is C29H37ClF5N3O4. The molecule has 42 heavy (non-hydrogen) atoms. The van der Waals surface area contributed by atoms with Crippen LogP contribution in [0.5, 0.6) is 11.5 Å². The van der Waals surface area contributed by atoms with Gasteiger partial charge >= 0.3 is 18.0 Å². The Bertz CT molecular complexity index is 1330. The second kappa shape index (κ2) is 12.5. The number of carbonyl (C=O) groups excluding carboxylic acids is 2. The number of hydrogen-bond acceptors (Lipinski definition) is 5. The van der Waals surface area contributed by atoms with Gasteiger partial charge in [0.05, 0.1) is 16.4 Å². The van der Waals surface area contributed by atoms with Crippen molar-refractivity contribution >= 4 is 40.5 Å². The molecule has 1 unspecified atom stereocenters. The molecule has 0 heterocycles. The number of halogens is 6. The van der Waals surface area contributed by atoms with Gasteiger partial charge in [-0.05, 0) is 47.8 Å². The first-order valence-electron chi connectivity index (χ1n) is 13.3. The van der Waals surface area contributed by atoms with E-state index in [0.29, 0.717) is 11.8 Å². The van der Waals surface area contributed by atoms with E-state index >= 15 is 0 Å². The monoisotopic (exact) mass is 621 g/mol. The van der Waals surface area contributed by atoms with Crippen LogP contribution >= 0.6 is 11.6 Å². The van der Waals surface area contributed by atoms with E-state index in [1.54, 1.807) is 6.92 Å². The van der Waals surface area contributed by atoms with Crippen molar-refractivity contribution in [2.75, 3.05) is 16.4 Å². The number of alkyl halides is 5. The zero-order valence-corrected chi connectivity index (χ0v) is 25.3. The first-order valence-corrected chi connectivity index (χ1v) is 13.7. The van der Waals surface area contributed by atoms with Gasteiger partial charge in [-0.25, -0.2) is 0 Å². The Balaban J connectivity index is 2.39. The molecule has 5 N–H and O–H groups in total. The highest BCUT2D eigenvalue weighted by molar-refractivity contribution is 6.35. The highest BCUT2D eigenvalue weighted by Gasteiger charge is 2.63. The standard InChI is InChI=1S/C29H37ClF5N3O4/c1-8-19(42-20-12-11-15(26(4,5)9-2)13-16(20)27(6,7)10-3)24(40)38-22-17(30)14-18(23(39)21(22)36)37-25(41)28(31,32)29(33,34)35/h11-14,19,39H,8-10,36H2,1-7H3,(H,37,41)(H,38,40). The smallest absolute Gasteiger partial charge is 0.463 e. The second-order valence-corrected chi connectivity index (χ2v) is 11.7. The van der Waals surface area contributed by atoms with Crippen LogP contribution in [0, 0.1) is 0 Å². The fourth-order valence-corrected chi connectivity index (χ4v) is 4.13. The molecule has 2 rings (SSSR count). The average Bonchev–Trinajstić information content (AvgIpc) is 2.91. The van der Waals surface area contributed by atoms with Crippen molar-refractivity contribution in [2.45, 2.75) is 96.8 Å². The van der Waals surface area contributed by atoms with Crippen LogP contribution in [0.1, 0.15) is 78.9 Å². The van der Waals surface area contributed by atoms with E-state index in [0.717, 1.165) is 24.0 Å². The van der Waals surface area contributed by atoms with Crippen LogP contribution in [0.25, 0.3) is 0 Å². The molecule has 0 aliphatic heterocycles. The molecule has 2 aromatic carbocycles. The van der Waals surface area contributed by atoms with Crippen molar-refractivity contribution in [1.82, 2.24) is 0 Å². The number of rotatable bonds is 11. The van der Waals surface area contributed by atoms with Crippen molar-refractivity contribution in [3.8, 4) is 11.5 Å². The average molecular weight is 622 g/mol. The van der Waals surface area contributed by atoms with Crippen LogP contribution in [0.3, 0.4) is 0 Å². The number of nitrogen functional groups attached to an aromatic ring is 1. The number of carbonyl (C=O) groups is 2. The van der Waals surface area contributed by atoms with Crippen LogP contribution < -0.4 is 21.1 Å². The molecule has 0 radical (unpaired) electrons. The zero-order chi connectivity index (χ0) is 32.4. The number of ether oxygens (including phenoxy) is 1. The number of amides is 2. The minimum absolute atomic E-state index is 0.0941. The lowest BCUT2D eigenvalue weighted by Gasteiger charge is -2.31. The van der Waals surface area contributed by atoms with E-state index < -0.39 is 52.2 Å². The Hall–Kier alpha value is -3.28. The number of nitrogens with one attached hydrogen (secondary N) is 2. The van der Waals surface area contributed by atoms with Crippen LogP contribution in [0.2, 0.25) is 5.02 Å². The molecule has 0 bridgehead atoms. The summed E-state index contributed by atoms with van der Waals surface area (Å²) in [6.07, 6.45) is -5.36. The molecule has 234 valence electrons. The van der Waals surface area contributed by atoms with E-state index in [1.165, 1.54) is 5.32 Å². The molecule has 0 aliphatic rings. The van der Waals surface area contributed by atoms with Gasteiger partial charge in [-0.1, -0.05) is 72.2 Å². The van der Waals surface area contributed by atoms with Gasteiger partial charge < -0.3 is 26.2 Å². The summed E-state index contributed by atoms with van der Waals surface area (Å²) < 4.78 is 70.5. The molecule has 1 atom stereocenters. The molecule has 0 aliphatic carbocycles. The Kier molecular flexibility index (Phi) is 10.4. The lowest BCUT2D eigenvalue weighted by molar-refractivity contribution is -0.267. The summed E-state index contributed by atoms with van der Waals surface area (Å²) in [5.74, 6) is -9.81. The van der Waals surface area contributed by atoms with Gasteiger partial charge in [-0.15, -0.1) is 0 Å². The van der Waals surface area contributed by atoms with Gasteiger partial charge in [0.15, 0.2) is 11.9 Å². The highest BCUT2D eigenvalue weighted by atomic mass is 35.5. The lowest BCUT2D eigenvalue weighted by atomic mass is 9.76. The molecule has 0 fully saturated rings. The maximum Gasteiger partial charge on any atom is 0.463 e. The number of hydrogen-bond donors (Lipinski definition) is 4. The van der Waals surface area contributed by atoms with E-state index in [-0.39, 0.29) is 22.9 Å². The van der Waals surface area contributed by atoms with Crippen LogP contribution in [0.4, 0.5) is 39.0 Å². The fraction of sp³-hybridized carbons (Fsp3) is 0.517. The van der Waals surface area contributed by atoms with Gasteiger partial charge in [-0.3, -0.25) is 9.59 Å². The van der Waals surface area contributed by atoms with E-state index in [2.05, 4.69) is 46.0 Å². The maximum atomic E-state index is 13.4. The summed E-state index contributed by atoms with van der Waals surface area (Å²) in [6.45, 7) is 14.2. The molecule has 2 aromatic rings. The SMILES string of the molecule is CCC(Oc1ccc(C(C)(C)CC)cc1C(C)(C)CC)C(=O)Nc1c(Cl)cc(NC(=O)C(F)(F)C(F)(F)F)c(O)c1N. The predicted molar refractivity (Wildman–Crippen MR) is 154 cm³/mol. The topological polar surface area (TPSA) is 114 Å². The third-order valence-electron chi connectivity index (χ3n) is 7.62. The fourth-order valence-electron chi connectivity index (χ4n) is 3.87. The van der Waals surface area contributed by atoms with Gasteiger partial charge in [0.2, 0.25) is 0 Å². The number of aromatic hydroxyl groups is 1. The van der Waals surface area contributed by atoms with Gasteiger partial charge in [0, 0.05) is 5.56 Å². The van der Waals surface area contributed by atoms with E-state index in [9.17, 15) is 36.6 Å². The first kappa shape index (κ1) is 34.9. The normalized spacial score (nSPS) is 13.5. The Morgan fingerprint density at radius 2 is 1.55 bits per heavy atom. The third-order valence-corrected chi connectivity index (χ3v) is 7.92.